The molecule has 2 aromatic rings. The van der Waals surface area contributed by atoms with Crippen molar-refractivity contribution in [3.05, 3.63) is 51.1 Å². The number of hydrogen-bond acceptors (Lipinski definition) is 3. The van der Waals surface area contributed by atoms with Gasteiger partial charge in [0.25, 0.3) is 0 Å². The lowest BCUT2D eigenvalue weighted by Crippen LogP contribution is -2.15. The summed E-state index contributed by atoms with van der Waals surface area (Å²) in [5.74, 6) is 1.04. The molecule has 0 saturated carbocycles. The molecule has 0 atom stereocenters. The molecule has 0 spiro atoms. The van der Waals surface area contributed by atoms with Gasteiger partial charge in [0, 0.05) is 10.2 Å². The normalized spacial score (nSPS) is 10.4. The highest BCUT2D eigenvalue weighted by atomic mass is 79.9. The summed E-state index contributed by atoms with van der Waals surface area (Å²) in [6, 6.07) is 7.62. The number of pyridine rings is 1. The van der Waals surface area contributed by atoms with E-state index in [1.165, 1.54) is 0 Å². The van der Waals surface area contributed by atoms with E-state index in [0.717, 1.165) is 21.3 Å². The predicted molar refractivity (Wildman–Crippen MR) is 83.7 cm³/mol. The number of nitrogens with one attached hydrogen (secondary N) is 1. The van der Waals surface area contributed by atoms with Crippen molar-refractivity contribution in [1.82, 2.24) is 4.98 Å². The first-order chi connectivity index (χ1) is 9.38. The molecule has 0 saturated heterocycles. The van der Waals surface area contributed by atoms with E-state index in [0.29, 0.717) is 17.2 Å². The standard InChI is InChI=1S/C15H16BrN3O/c1-8-7-11(16)4-5-12(8)20-15-13(14(17)18)9(2)6-10(3)19-15/h4-7H,1-3H3,(H3,17,18). The number of halogens is 1. The van der Waals surface area contributed by atoms with Gasteiger partial charge in [0.05, 0.1) is 5.56 Å². The molecule has 0 aliphatic heterocycles. The third kappa shape index (κ3) is 2.99. The van der Waals surface area contributed by atoms with Crippen molar-refractivity contribution >= 4 is 21.8 Å². The molecule has 3 N–H and O–H groups in total. The Morgan fingerprint density at radius 1 is 1.20 bits per heavy atom. The molecule has 104 valence electrons. The fraction of sp³-hybridized carbons (Fsp3) is 0.200. The maximum atomic E-state index is 7.69. The maximum Gasteiger partial charge on any atom is 0.230 e. The summed E-state index contributed by atoms with van der Waals surface area (Å²) in [5, 5.41) is 7.69. The minimum absolute atomic E-state index is 0.0419. The van der Waals surface area contributed by atoms with E-state index >= 15 is 0 Å². The Morgan fingerprint density at radius 3 is 2.50 bits per heavy atom. The summed E-state index contributed by atoms with van der Waals surface area (Å²) in [7, 11) is 0. The topological polar surface area (TPSA) is 72.0 Å². The Morgan fingerprint density at radius 2 is 1.90 bits per heavy atom. The van der Waals surface area contributed by atoms with E-state index in [-0.39, 0.29) is 5.84 Å². The number of hydrogen-bond donors (Lipinski definition) is 2. The molecule has 0 radical (unpaired) electrons. The van der Waals surface area contributed by atoms with E-state index in [1.807, 2.05) is 45.0 Å². The zero-order valence-electron chi connectivity index (χ0n) is 11.6. The molecule has 1 aromatic heterocycles. The van der Waals surface area contributed by atoms with Gasteiger partial charge in [0.1, 0.15) is 11.6 Å². The van der Waals surface area contributed by atoms with Gasteiger partial charge in [0.15, 0.2) is 0 Å². The van der Waals surface area contributed by atoms with Crippen LogP contribution in [0.4, 0.5) is 0 Å². The second-order valence-electron chi connectivity index (χ2n) is 4.69. The Labute approximate surface area is 126 Å². The van der Waals surface area contributed by atoms with Crippen LogP contribution in [0.1, 0.15) is 22.4 Å². The maximum absolute atomic E-state index is 7.69. The molecule has 0 aliphatic carbocycles. The molecule has 0 fully saturated rings. The van der Waals surface area contributed by atoms with Crippen LogP contribution >= 0.6 is 15.9 Å². The van der Waals surface area contributed by atoms with Crippen LogP contribution < -0.4 is 10.5 Å². The van der Waals surface area contributed by atoms with Crippen LogP contribution in [0, 0.1) is 26.2 Å². The van der Waals surface area contributed by atoms with E-state index < -0.39 is 0 Å². The summed E-state index contributed by atoms with van der Waals surface area (Å²) in [5.41, 5.74) is 8.87. The van der Waals surface area contributed by atoms with Gasteiger partial charge < -0.3 is 10.5 Å². The molecule has 5 heteroatoms. The number of benzene rings is 1. The van der Waals surface area contributed by atoms with Gasteiger partial charge in [0.2, 0.25) is 5.88 Å². The average molecular weight is 334 g/mol. The van der Waals surface area contributed by atoms with Crippen molar-refractivity contribution in [3.63, 3.8) is 0 Å². The van der Waals surface area contributed by atoms with Crippen LogP contribution in [0.3, 0.4) is 0 Å². The summed E-state index contributed by atoms with van der Waals surface area (Å²) < 4.78 is 6.85. The molecule has 20 heavy (non-hydrogen) atoms. The Hall–Kier alpha value is -1.88. The largest absolute Gasteiger partial charge is 0.438 e. The number of nitrogen functional groups attached to an aromatic ring is 1. The van der Waals surface area contributed by atoms with Crippen LogP contribution in [0.25, 0.3) is 0 Å². The molecule has 1 aromatic carbocycles. The lowest BCUT2D eigenvalue weighted by atomic mass is 10.1. The van der Waals surface area contributed by atoms with Crippen molar-refractivity contribution in [3.8, 4) is 11.6 Å². The molecule has 2 rings (SSSR count). The van der Waals surface area contributed by atoms with Crippen molar-refractivity contribution in [1.29, 1.82) is 5.41 Å². The van der Waals surface area contributed by atoms with Crippen LogP contribution in [-0.2, 0) is 0 Å². The first kappa shape index (κ1) is 14.5. The monoisotopic (exact) mass is 333 g/mol. The fourth-order valence-corrected chi connectivity index (χ4v) is 2.51. The van der Waals surface area contributed by atoms with Gasteiger partial charge >= 0.3 is 0 Å². The van der Waals surface area contributed by atoms with Gasteiger partial charge in [-0.1, -0.05) is 15.9 Å². The third-order valence-corrected chi connectivity index (χ3v) is 3.42. The Bertz CT molecular complexity index is 683. The minimum atomic E-state index is -0.0419. The number of nitrogens with two attached hydrogens (primary N) is 1. The average Bonchev–Trinajstić information content (AvgIpc) is 2.31. The van der Waals surface area contributed by atoms with Crippen molar-refractivity contribution in [2.45, 2.75) is 20.8 Å². The third-order valence-electron chi connectivity index (χ3n) is 2.92. The lowest BCUT2D eigenvalue weighted by Gasteiger charge is -2.14. The number of nitrogens with zero attached hydrogens (tertiary/aromatic N) is 1. The quantitative estimate of drug-likeness (QED) is 0.662. The van der Waals surface area contributed by atoms with Gasteiger partial charge in [-0.25, -0.2) is 4.98 Å². The van der Waals surface area contributed by atoms with Gasteiger partial charge in [-0.3, -0.25) is 5.41 Å². The number of aromatic nitrogens is 1. The molecule has 4 nitrogen and oxygen atoms in total. The van der Waals surface area contributed by atoms with Gasteiger partial charge in [-0.05, 0) is 56.2 Å². The highest BCUT2D eigenvalue weighted by Crippen LogP contribution is 2.29. The van der Waals surface area contributed by atoms with Crippen LogP contribution in [0.15, 0.2) is 28.7 Å². The second-order valence-corrected chi connectivity index (χ2v) is 5.60. The van der Waals surface area contributed by atoms with E-state index in [1.54, 1.807) is 0 Å². The molecule has 0 unspecified atom stereocenters. The zero-order valence-corrected chi connectivity index (χ0v) is 13.2. The molecule has 0 amide bonds. The molecule has 0 aliphatic rings. The van der Waals surface area contributed by atoms with Gasteiger partial charge in [-0.15, -0.1) is 0 Å². The van der Waals surface area contributed by atoms with Crippen molar-refractivity contribution < 1.29 is 4.74 Å². The molecule has 1 heterocycles. The predicted octanol–water partition coefficient (Wildman–Crippen LogP) is 3.85. The molecule has 0 bridgehead atoms. The number of rotatable bonds is 3. The summed E-state index contributed by atoms with van der Waals surface area (Å²) >= 11 is 3.42. The second kappa shape index (κ2) is 5.63. The smallest absolute Gasteiger partial charge is 0.230 e. The van der Waals surface area contributed by atoms with Gasteiger partial charge in [-0.2, -0.15) is 0 Å². The van der Waals surface area contributed by atoms with E-state index in [4.69, 9.17) is 15.9 Å². The fourth-order valence-electron chi connectivity index (χ4n) is 2.04. The van der Waals surface area contributed by atoms with Crippen LogP contribution in [-0.4, -0.2) is 10.8 Å². The minimum Gasteiger partial charge on any atom is -0.438 e. The molecular weight excluding hydrogens is 318 g/mol. The van der Waals surface area contributed by atoms with Crippen molar-refractivity contribution in [2.75, 3.05) is 0 Å². The van der Waals surface area contributed by atoms with E-state index in [9.17, 15) is 0 Å². The lowest BCUT2D eigenvalue weighted by molar-refractivity contribution is 0.456. The van der Waals surface area contributed by atoms with Crippen LogP contribution in [0.2, 0.25) is 0 Å². The Balaban J connectivity index is 2.50. The number of amidine groups is 1. The first-order valence-electron chi connectivity index (χ1n) is 6.15. The zero-order chi connectivity index (χ0) is 14.9. The SMILES string of the molecule is Cc1cc(C)c(C(=N)N)c(Oc2ccc(Br)cc2C)n1. The van der Waals surface area contributed by atoms with Crippen LogP contribution in [0.5, 0.6) is 11.6 Å². The number of ether oxygens (including phenoxy) is 1. The molecular formula is C15H16BrN3O. The highest BCUT2D eigenvalue weighted by Gasteiger charge is 2.14. The first-order valence-corrected chi connectivity index (χ1v) is 6.94. The number of aryl methyl sites for hydroxylation is 3. The summed E-state index contributed by atoms with van der Waals surface area (Å²) in [4.78, 5) is 4.36. The summed E-state index contributed by atoms with van der Waals surface area (Å²) in [6.45, 7) is 5.74. The van der Waals surface area contributed by atoms with E-state index in [2.05, 4.69) is 20.9 Å². The Kier molecular flexibility index (Phi) is 4.09. The van der Waals surface area contributed by atoms with Crippen molar-refractivity contribution in [2.24, 2.45) is 5.73 Å². The summed E-state index contributed by atoms with van der Waals surface area (Å²) in [6.07, 6.45) is 0. The highest BCUT2D eigenvalue weighted by molar-refractivity contribution is 9.10.